The molecule has 0 amide bonds. The first-order valence-corrected chi connectivity index (χ1v) is 10.3. The summed E-state index contributed by atoms with van der Waals surface area (Å²) in [6, 6.07) is 8.83. The quantitative estimate of drug-likeness (QED) is 0.329. The van der Waals surface area contributed by atoms with Gasteiger partial charge in [-0.25, -0.2) is 14.4 Å². The molecular weight excluding hydrogens is 416 g/mol. The van der Waals surface area contributed by atoms with Crippen molar-refractivity contribution in [3.63, 3.8) is 0 Å². The number of anilines is 2. The third-order valence-corrected chi connectivity index (χ3v) is 5.84. The number of rotatable bonds is 5. The summed E-state index contributed by atoms with van der Waals surface area (Å²) in [5.41, 5.74) is 3.88. The van der Waals surface area contributed by atoms with E-state index in [-0.39, 0.29) is 11.8 Å². The minimum Gasteiger partial charge on any atom is -0.344 e. The molecule has 0 saturated carbocycles. The Morgan fingerprint density at radius 1 is 1.22 bits per heavy atom. The van der Waals surface area contributed by atoms with Crippen molar-refractivity contribution in [1.29, 1.82) is 0 Å². The van der Waals surface area contributed by atoms with Crippen LogP contribution in [0.1, 0.15) is 24.6 Å². The van der Waals surface area contributed by atoms with Crippen molar-refractivity contribution in [2.45, 2.75) is 32.7 Å². The van der Waals surface area contributed by atoms with Crippen LogP contribution in [-0.4, -0.2) is 19.5 Å². The van der Waals surface area contributed by atoms with Crippen molar-refractivity contribution >= 4 is 28.2 Å². The molecule has 7 nitrogen and oxygen atoms in total. The standard InChI is InChI=1S/C23H19F2N5O2/c1-2-13-10-16(25)21(30(31)32)12-18(13)28-23-26-8-7-17(27-23)22-15-11-14(24)5-6-19(15)29-9-3-4-20(22)29/h5-8,10-12H,2-4,9H2,1H3,(H,26,27,28). The molecule has 0 unspecified atom stereocenters. The smallest absolute Gasteiger partial charge is 0.306 e. The van der Waals surface area contributed by atoms with Crippen LogP contribution in [0.3, 0.4) is 0 Å². The van der Waals surface area contributed by atoms with Crippen LogP contribution in [0.4, 0.5) is 26.1 Å². The molecule has 0 radical (unpaired) electrons. The zero-order valence-corrected chi connectivity index (χ0v) is 17.2. The van der Waals surface area contributed by atoms with Gasteiger partial charge in [-0.05, 0) is 55.2 Å². The Morgan fingerprint density at radius 2 is 2.06 bits per heavy atom. The highest BCUT2D eigenvalue weighted by Gasteiger charge is 2.24. The van der Waals surface area contributed by atoms with E-state index in [4.69, 9.17) is 0 Å². The third-order valence-electron chi connectivity index (χ3n) is 5.84. The maximum Gasteiger partial charge on any atom is 0.306 e. The molecule has 5 rings (SSSR count). The van der Waals surface area contributed by atoms with E-state index in [2.05, 4.69) is 19.9 Å². The zero-order chi connectivity index (χ0) is 22.4. The molecule has 0 spiro atoms. The number of fused-ring (bicyclic) bond motifs is 3. The van der Waals surface area contributed by atoms with Crippen molar-refractivity contribution in [3.05, 3.63) is 75.6 Å². The van der Waals surface area contributed by atoms with E-state index in [1.54, 1.807) is 18.3 Å². The summed E-state index contributed by atoms with van der Waals surface area (Å²) in [4.78, 5) is 19.3. The van der Waals surface area contributed by atoms with E-state index in [1.807, 2.05) is 6.92 Å². The highest BCUT2D eigenvalue weighted by atomic mass is 19.1. The lowest BCUT2D eigenvalue weighted by Crippen LogP contribution is -2.03. The van der Waals surface area contributed by atoms with Crippen LogP contribution in [0, 0.1) is 21.7 Å². The van der Waals surface area contributed by atoms with Gasteiger partial charge in [0.2, 0.25) is 11.8 Å². The highest BCUT2D eigenvalue weighted by molar-refractivity contribution is 5.97. The molecule has 1 aliphatic heterocycles. The van der Waals surface area contributed by atoms with E-state index in [9.17, 15) is 18.9 Å². The van der Waals surface area contributed by atoms with Gasteiger partial charge in [0, 0.05) is 41.0 Å². The third kappa shape index (κ3) is 3.26. The van der Waals surface area contributed by atoms with Gasteiger partial charge >= 0.3 is 5.69 Å². The van der Waals surface area contributed by atoms with Gasteiger partial charge in [-0.3, -0.25) is 10.1 Å². The van der Waals surface area contributed by atoms with Crippen LogP contribution in [0.5, 0.6) is 0 Å². The largest absolute Gasteiger partial charge is 0.344 e. The maximum absolute atomic E-state index is 14.0. The van der Waals surface area contributed by atoms with E-state index in [0.717, 1.165) is 53.7 Å². The summed E-state index contributed by atoms with van der Waals surface area (Å²) in [5.74, 6) is -0.979. The van der Waals surface area contributed by atoms with Crippen LogP contribution in [0.15, 0.2) is 42.6 Å². The fourth-order valence-electron chi connectivity index (χ4n) is 4.42. The van der Waals surface area contributed by atoms with Crippen molar-refractivity contribution < 1.29 is 13.7 Å². The molecular formula is C23H19F2N5O2. The van der Waals surface area contributed by atoms with E-state index >= 15 is 0 Å². The van der Waals surface area contributed by atoms with Gasteiger partial charge < -0.3 is 9.88 Å². The van der Waals surface area contributed by atoms with Gasteiger partial charge in [0.05, 0.1) is 16.3 Å². The fraction of sp³-hybridized carbons (Fsp3) is 0.217. The lowest BCUT2D eigenvalue weighted by molar-refractivity contribution is -0.387. The van der Waals surface area contributed by atoms with E-state index in [1.165, 1.54) is 12.1 Å². The van der Waals surface area contributed by atoms with Gasteiger partial charge in [-0.1, -0.05) is 6.92 Å². The number of hydrogen-bond acceptors (Lipinski definition) is 5. The van der Waals surface area contributed by atoms with E-state index in [0.29, 0.717) is 23.4 Å². The Balaban J connectivity index is 1.60. The molecule has 1 N–H and O–H groups in total. The molecule has 4 aromatic rings. The molecule has 0 bridgehead atoms. The van der Waals surface area contributed by atoms with Crippen LogP contribution >= 0.6 is 0 Å². The normalized spacial score (nSPS) is 12.8. The Bertz CT molecular complexity index is 1380. The number of nitrogens with zero attached hydrogens (tertiary/aromatic N) is 4. The predicted molar refractivity (Wildman–Crippen MR) is 117 cm³/mol. The predicted octanol–water partition coefficient (Wildman–Crippen LogP) is 5.54. The molecule has 32 heavy (non-hydrogen) atoms. The second-order valence-electron chi connectivity index (χ2n) is 7.70. The molecule has 0 aliphatic carbocycles. The number of hydrogen-bond donors (Lipinski definition) is 1. The monoisotopic (exact) mass is 435 g/mol. The Hall–Kier alpha value is -3.88. The van der Waals surface area contributed by atoms with Crippen LogP contribution in [0.25, 0.3) is 22.2 Å². The molecule has 1 aliphatic rings. The second-order valence-corrected chi connectivity index (χ2v) is 7.70. The van der Waals surface area contributed by atoms with Crippen molar-refractivity contribution in [1.82, 2.24) is 14.5 Å². The molecule has 0 fully saturated rings. The van der Waals surface area contributed by atoms with Crippen LogP contribution in [0.2, 0.25) is 0 Å². The number of nitrogens with one attached hydrogen (secondary N) is 1. The lowest BCUT2D eigenvalue weighted by Gasteiger charge is -2.11. The van der Waals surface area contributed by atoms with Crippen molar-refractivity contribution in [2.75, 3.05) is 5.32 Å². The van der Waals surface area contributed by atoms with Crippen LogP contribution < -0.4 is 5.32 Å². The van der Waals surface area contributed by atoms with Gasteiger partial charge in [0.25, 0.3) is 0 Å². The van der Waals surface area contributed by atoms with Crippen molar-refractivity contribution in [3.8, 4) is 11.3 Å². The molecule has 9 heteroatoms. The summed E-state index contributed by atoms with van der Waals surface area (Å²) in [7, 11) is 0. The van der Waals surface area contributed by atoms with Crippen LogP contribution in [-0.2, 0) is 19.4 Å². The number of nitro benzene ring substituents is 1. The molecule has 0 atom stereocenters. The van der Waals surface area contributed by atoms with E-state index < -0.39 is 16.4 Å². The average molecular weight is 435 g/mol. The van der Waals surface area contributed by atoms with Gasteiger partial charge in [0.1, 0.15) is 5.82 Å². The molecule has 2 aromatic carbocycles. The molecule has 3 heterocycles. The first kappa shape index (κ1) is 20.0. The number of benzene rings is 2. The Kier molecular flexibility index (Phi) is 4.80. The molecule has 0 saturated heterocycles. The minimum absolute atomic E-state index is 0.223. The number of aromatic nitrogens is 3. The lowest BCUT2D eigenvalue weighted by atomic mass is 10.0. The van der Waals surface area contributed by atoms with Gasteiger partial charge in [-0.15, -0.1) is 0 Å². The summed E-state index contributed by atoms with van der Waals surface area (Å²) in [6.07, 6.45) is 3.92. The number of halogens is 2. The zero-order valence-electron chi connectivity index (χ0n) is 17.2. The van der Waals surface area contributed by atoms with Gasteiger partial charge in [-0.2, -0.15) is 4.39 Å². The highest BCUT2D eigenvalue weighted by Crippen LogP contribution is 2.38. The fourth-order valence-corrected chi connectivity index (χ4v) is 4.42. The molecule has 162 valence electrons. The SMILES string of the molecule is CCc1cc(F)c([N+](=O)[O-])cc1Nc1nccc(-c2c3n(c4ccc(F)cc24)CCC3)n1. The summed E-state index contributed by atoms with van der Waals surface area (Å²) >= 11 is 0. The first-order chi connectivity index (χ1) is 15.5. The second kappa shape index (κ2) is 7.67. The number of aryl methyl sites for hydroxylation is 2. The number of nitro groups is 1. The van der Waals surface area contributed by atoms with Gasteiger partial charge in [0.15, 0.2) is 0 Å². The summed E-state index contributed by atoms with van der Waals surface area (Å²) < 4.78 is 30.3. The topological polar surface area (TPSA) is 85.9 Å². The minimum atomic E-state index is -0.884. The Labute approximate surface area is 181 Å². The first-order valence-electron chi connectivity index (χ1n) is 10.3. The van der Waals surface area contributed by atoms with Crippen molar-refractivity contribution in [2.24, 2.45) is 0 Å². The summed E-state index contributed by atoms with van der Waals surface area (Å²) in [5, 5.41) is 15.0. The molecule has 2 aromatic heterocycles. The maximum atomic E-state index is 14.0. The summed E-state index contributed by atoms with van der Waals surface area (Å²) in [6.45, 7) is 2.70. The average Bonchev–Trinajstić information content (AvgIpc) is 3.35. The Morgan fingerprint density at radius 3 is 2.84 bits per heavy atom.